The van der Waals surface area contributed by atoms with Gasteiger partial charge < -0.3 is 10.1 Å². The highest BCUT2D eigenvalue weighted by atomic mass is 35.5. The molecule has 1 unspecified atom stereocenters. The number of nitrogens with one attached hydrogen (secondary N) is 1. The SMILES string of the molecule is COCC(Cl)CNCC(F)F. The molecule has 0 aliphatic carbocycles. The Morgan fingerprint density at radius 1 is 1.45 bits per heavy atom. The first kappa shape index (κ1) is 11.1. The molecule has 0 amide bonds. The molecule has 1 N–H and O–H groups in total. The summed E-state index contributed by atoms with van der Waals surface area (Å²) in [4.78, 5) is 0. The van der Waals surface area contributed by atoms with Gasteiger partial charge in [0.2, 0.25) is 0 Å². The zero-order chi connectivity index (χ0) is 8.69. The van der Waals surface area contributed by atoms with E-state index >= 15 is 0 Å². The number of hydrogen-bond donors (Lipinski definition) is 1. The summed E-state index contributed by atoms with van der Waals surface area (Å²) in [5.74, 6) is 0. The van der Waals surface area contributed by atoms with E-state index in [0.717, 1.165) is 0 Å². The van der Waals surface area contributed by atoms with Crippen LogP contribution in [0.3, 0.4) is 0 Å². The fourth-order valence-corrected chi connectivity index (χ4v) is 0.824. The Labute approximate surface area is 69.9 Å². The number of methoxy groups -OCH3 is 1. The van der Waals surface area contributed by atoms with Crippen LogP contribution in [0.5, 0.6) is 0 Å². The maximum Gasteiger partial charge on any atom is 0.250 e. The van der Waals surface area contributed by atoms with Crippen molar-refractivity contribution in [3.8, 4) is 0 Å². The van der Waals surface area contributed by atoms with Gasteiger partial charge in [-0.05, 0) is 0 Å². The fourth-order valence-electron chi connectivity index (χ4n) is 0.589. The van der Waals surface area contributed by atoms with Crippen molar-refractivity contribution >= 4 is 11.6 Å². The molecular formula is C6H12ClF2NO. The number of alkyl halides is 3. The van der Waals surface area contributed by atoms with Gasteiger partial charge in [0.05, 0.1) is 18.5 Å². The molecule has 0 aromatic rings. The van der Waals surface area contributed by atoms with Crippen LogP contribution in [-0.2, 0) is 4.74 Å². The second-order valence-corrected chi connectivity index (χ2v) is 2.72. The highest BCUT2D eigenvalue weighted by molar-refractivity contribution is 6.20. The third-order valence-corrected chi connectivity index (χ3v) is 1.29. The van der Waals surface area contributed by atoms with Gasteiger partial charge in [-0.3, -0.25) is 0 Å². The first-order chi connectivity index (χ1) is 5.16. The molecule has 11 heavy (non-hydrogen) atoms. The second-order valence-electron chi connectivity index (χ2n) is 2.10. The smallest absolute Gasteiger partial charge is 0.250 e. The van der Waals surface area contributed by atoms with Gasteiger partial charge in [-0.2, -0.15) is 0 Å². The van der Waals surface area contributed by atoms with Crippen molar-refractivity contribution < 1.29 is 13.5 Å². The molecule has 2 nitrogen and oxygen atoms in total. The molecule has 0 heterocycles. The van der Waals surface area contributed by atoms with E-state index in [9.17, 15) is 8.78 Å². The first-order valence-corrected chi connectivity index (χ1v) is 3.72. The highest BCUT2D eigenvalue weighted by Gasteiger charge is 2.05. The minimum absolute atomic E-state index is 0.237. The molecule has 5 heteroatoms. The molecule has 0 aromatic heterocycles. The van der Waals surface area contributed by atoms with E-state index < -0.39 is 6.43 Å². The molecule has 0 fully saturated rings. The largest absolute Gasteiger partial charge is 0.383 e. The van der Waals surface area contributed by atoms with Gasteiger partial charge in [-0.1, -0.05) is 0 Å². The Bertz CT molecular complexity index is 94.7. The van der Waals surface area contributed by atoms with Gasteiger partial charge in [-0.15, -0.1) is 11.6 Å². The average molecular weight is 188 g/mol. The molecule has 0 bridgehead atoms. The van der Waals surface area contributed by atoms with E-state index in [1.54, 1.807) is 0 Å². The normalized spacial score (nSPS) is 13.9. The molecule has 0 aliphatic rings. The summed E-state index contributed by atoms with van der Waals surface area (Å²) >= 11 is 5.63. The van der Waals surface area contributed by atoms with Crippen LogP contribution in [-0.4, -0.2) is 38.6 Å². The quantitative estimate of drug-likeness (QED) is 0.629. The third-order valence-electron chi connectivity index (χ3n) is 1.01. The molecule has 0 spiro atoms. The molecule has 0 aromatic carbocycles. The monoisotopic (exact) mass is 187 g/mol. The zero-order valence-corrected chi connectivity index (χ0v) is 7.07. The minimum atomic E-state index is -2.32. The highest BCUT2D eigenvalue weighted by Crippen LogP contribution is 1.94. The first-order valence-electron chi connectivity index (χ1n) is 3.28. The molecule has 0 aliphatic heterocycles. The van der Waals surface area contributed by atoms with Gasteiger partial charge in [0.25, 0.3) is 6.43 Å². The van der Waals surface area contributed by atoms with E-state index in [-0.39, 0.29) is 11.9 Å². The topological polar surface area (TPSA) is 21.3 Å². The molecule has 0 radical (unpaired) electrons. The summed E-state index contributed by atoms with van der Waals surface area (Å²) in [6, 6.07) is 0. The van der Waals surface area contributed by atoms with Gasteiger partial charge in [0.1, 0.15) is 0 Å². The minimum Gasteiger partial charge on any atom is -0.383 e. The van der Waals surface area contributed by atoms with Crippen LogP contribution in [0.1, 0.15) is 0 Å². The van der Waals surface area contributed by atoms with Crippen molar-refractivity contribution in [2.24, 2.45) is 0 Å². The van der Waals surface area contributed by atoms with E-state index in [2.05, 4.69) is 5.32 Å². The number of rotatable bonds is 6. The zero-order valence-electron chi connectivity index (χ0n) is 6.32. The second kappa shape index (κ2) is 6.76. The lowest BCUT2D eigenvalue weighted by Crippen LogP contribution is -2.29. The predicted octanol–water partition coefficient (Wildman–Crippen LogP) is 1.09. The Balaban J connectivity index is 3.10. The fraction of sp³-hybridized carbons (Fsp3) is 1.00. The van der Waals surface area contributed by atoms with Crippen LogP contribution < -0.4 is 5.32 Å². The summed E-state index contributed by atoms with van der Waals surface area (Å²) < 4.78 is 27.8. The van der Waals surface area contributed by atoms with Crippen LogP contribution in [0.2, 0.25) is 0 Å². The summed E-state index contributed by atoms with van der Waals surface area (Å²) in [7, 11) is 1.52. The van der Waals surface area contributed by atoms with E-state index in [1.807, 2.05) is 0 Å². The molecular weight excluding hydrogens is 176 g/mol. The summed E-state index contributed by atoms with van der Waals surface area (Å²) in [6.45, 7) is 0.407. The van der Waals surface area contributed by atoms with Crippen molar-refractivity contribution in [3.63, 3.8) is 0 Å². The van der Waals surface area contributed by atoms with Crippen LogP contribution in [0.4, 0.5) is 8.78 Å². The average Bonchev–Trinajstić information content (AvgIpc) is 1.87. The van der Waals surface area contributed by atoms with Crippen LogP contribution in [0.25, 0.3) is 0 Å². The van der Waals surface area contributed by atoms with Crippen molar-refractivity contribution in [2.45, 2.75) is 11.8 Å². The van der Waals surface area contributed by atoms with E-state index in [1.165, 1.54) is 7.11 Å². The van der Waals surface area contributed by atoms with Gasteiger partial charge in [0.15, 0.2) is 0 Å². The summed E-state index contributed by atoms with van der Waals surface area (Å²) in [5.41, 5.74) is 0. The van der Waals surface area contributed by atoms with Crippen LogP contribution in [0.15, 0.2) is 0 Å². The molecule has 0 saturated heterocycles. The molecule has 68 valence electrons. The van der Waals surface area contributed by atoms with Crippen molar-refractivity contribution in [1.29, 1.82) is 0 Å². The van der Waals surface area contributed by atoms with Crippen molar-refractivity contribution in [3.05, 3.63) is 0 Å². The number of hydrogen-bond acceptors (Lipinski definition) is 2. The Morgan fingerprint density at radius 2 is 2.09 bits per heavy atom. The van der Waals surface area contributed by atoms with E-state index in [4.69, 9.17) is 16.3 Å². The molecule has 0 saturated carbocycles. The Hall–Kier alpha value is 0.0700. The lowest BCUT2D eigenvalue weighted by atomic mass is 10.4. The predicted molar refractivity (Wildman–Crippen MR) is 40.4 cm³/mol. The van der Waals surface area contributed by atoms with E-state index in [0.29, 0.717) is 13.2 Å². The summed E-state index contributed by atoms with van der Waals surface area (Å²) in [6.07, 6.45) is -2.32. The van der Waals surface area contributed by atoms with Crippen molar-refractivity contribution in [1.82, 2.24) is 5.32 Å². The Morgan fingerprint density at radius 3 is 2.55 bits per heavy atom. The third kappa shape index (κ3) is 7.97. The van der Waals surface area contributed by atoms with Gasteiger partial charge >= 0.3 is 0 Å². The maximum atomic E-state index is 11.5. The summed E-state index contributed by atoms with van der Waals surface area (Å²) in [5, 5.41) is 2.27. The van der Waals surface area contributed by atoms with Gasteiger partial charge in [0, 0.05) is 13.7 Å². The number of halogens is 3. The lowest BCUT2D eigenvalue weighted by molar-refractivity contribution is 0.143. The van der Waals surface area contributed by atoms with Gasteiger partial charge in [-0.25, -0.2) is 8.78 Å². The van der Waals surface area contributed by atoms with Crippen LogP contribution >= 0.6 is 11.6 Å². The molecule has 1 atom stereocenters. The Kier molecular flexibility index (Phi) is 6.80. The van der Waals surface area contributed by atoms with Crippen LogP contribution in [0, 0.1) is 0 Å². The number of ether oxygens (including phenoxy) is 1. The van der Waals surface area contributed by atoms with Crippen molar-refractivity contribution in [2.75, 3.05) is 26.8 Å². The molecule has 0 rings (SSSR count). The maximum absolute atomic E-state index is 11.5. The lowest BCUT2D eigenvalue weighted by Gasteiger charge is -2.08. The standard InChI is InChI=1S/C6H12ClF2NO/c1-11-4-5(7)2-10-3-6(8)9/h5-6,10H,2-4H2,1H3.